The topological polar surface area (TPSA) is 46.5 Å². The lowest BCUT2D eigenvalue weighted by molar-refractivity contribution is 0.0383. The third-order valence-electron chi connectivity index (χ3n) is 2.30. The molecule has 1 N–H and O–H groups in total. The molecule has 0 spiro atoms. The van der Waals surface area contributed by atoms with E-state index in [9.17, 15) is 4.79 Å². The Morgan fingerprint density at radius 1 is 1.40 bits per heavy atom. The van der Waals surface area contributed by atoms with Crippen LogP contribution in [0.4, 0.5) is 0 Å². The SMILES string of the molecule is CCC(CO)COC(=O)c1ccccc1. The van der Waals surface area contributed by atoms with Crippen LogP contribution in [-0.4, -0.2) is 24.3 Å². The third-order valence-corrected chi connectivity index (χ3v) is 2.30. The monoisotopic (exact) mass is 208 g/mol. The van der Waals surface area contributed by atoms with E-state index in [-0.39, 0.29) is 25.1 Å². The summed E-state index contributed by atoms with van der Waals surface area (Å²) in [5, 5.41) is 8.92. The predicted octanol–water partition coefficient (Wildman–Crippen LogP) is 1.86. The van der Waals surface area contributed by atoms with Crippen molar-refractivity contribution in [2.24, 2.45) is 5.92 Å². The number of benzene rings is 1. The van der Waals surface area contributed by atoms with Crippen molar-refractivity contribution >= 4 is 5.97 Å². The van der Waals surface area contributed by atoms with Crippen LogP contribution in [0.2, 0.25) is 0 Å². The van der Waals surface area contributed by atoms with E-state index in [0.717, 1.165) is 6.42 Å². The van der Waals surface area contributed by atoms with Gasteiger partial charge in [0.15, 0.2) is 0 Å². The van der Waals surface area contributed by atoms with Crippen LogP contribution in [0.1, 0.15) is 23.7 Å². The maximum atomic E-state index is 11.5. The van der Waals surface area contributed by atoms with Gasteiger partial charge in [-0.3, -0.25) is 0 Å². The quantitative estimate of drug-likeness (QED) is 0.751. The molecule has 0 aliphatic carbocycles. The summed E-state index contributed by atoms with van der Waals surface area (Å²) in [6.07, 6.45) is 0.804. The van der Waals surface area contributed by atoms with Crippen LogP contribution in [-0.2, 0) is 4.74 Å². The molecule has 1 atom stereocenters. The molecule has 1 aromatic rings. The molecule has 3 nitrogen and oxygen atoms in total. The summed E-state index contributed by atoms with van der Waals surface area (Å²) in [6, 6.07) is 8.85. The number of aliphatic hydroxyl groups is 1. The van der Waals surface area contributed by atoms with E-state index in [1.54, 1.807) is 24.3 Å². The van der Waals surface area contributed by atoms with Crippen LogP contribution in [0.25, 0.3) is 0 Å². The van der Waals surface area contributed by atoms with Gasteiger partial charge in [-0.05, 0) is 18.6 Å². The molecule has 0 aliphatic heterocycles. The average Bonchev–Trinajstić information content (AvgIpc) is 2.31. The molecular formula is C12H16O3. The number of rotatable bonds is 5. The molecule has 0 saturated heterocycles. The highest BCUT2D eigenvalue weighted by atomic mass is 16.5. The molecule has 0 fully saturated rings. The summed E-state index contributed by atoms with van der Waals surface area (Å²) in [6.45, 7) is 2.29. The van der Waals surface area contributed by atoms with Crippen molar-refractivity contribution in [2.45, 2.75) is 13.3 Å². The molecule has 82 valence electrons. The standard InChI is InChI=1S/C12H16O3/c1-2-10(8-13)9-15-12(14)11-6-4-3-5-7-11/h3-7,10,13H,2,8-9H2,1H3. The molecule has 3 heteroatoms. The number of carbonyl (C=O) groups is 1. The highest BCUT2D eigenvalue weighted by molar-refractivity contribution is 5.89. The van der Waals surface area contributed by atoms with Crippen molar-refractivity contribution in [1.29, 1.82) is 0 Å². The van der Waals surface area contributed by atoms with Gasteiger partial charge in [0, 0.05) is 12.5 Å². The zero-order chi connectivity index (χ0) is 11.1. The lowest BCUT2D eigenvalue weighted by atomic mass is 10.1. The smallest absolute Gasteiger partial charge is 0.338 e. The maximum Gasteiger partial charge on any atom is 0.338 e. The fraction of sp³-hybridized carbons (Fsp3) is 0.417. The van der Waals surface area contributed by atoms with Gasteiger partial charge in [0.2, 0.25) is 0 Å². The largest absolute Gasteiger partial charge is 0.462 e. The fourth-order valence-electron chi connectivity index (χ4n) is 1.15. The lowest BCUT2D eigenvalue weighted by Crippen LogP contribution is -2.16. The van der Waals surface area contributed by atoms with E-state index in [2.05, 4.69) is 0 Å². The molecule has 1 rings (SSSR count). The second kappa shape index (κ2) is 6.19. The van der Waals surface area contributed by atoms with E-state index in [4.69, 9.17) is 9.84 Å². The number of aliphatic hydroxyl groups excluding tert-OH is 1. The van der Waals surface area contributed by atoms with Crippen LogP contribution in [0.3, 0.4) is 0 Å². The minimum atomic E-state index is -0.331. The molecular weight excluding hydrogens is 192 g/mol. The summed E-state index contributed by atoms with van der Waals surface area (Å²) in [7, 11) is 0. The summed E-state index contributed by atoms with van der Waals surface area (Å²) in [5.74, 6) is -0.292. The van der Waals surface area contributed by atoms with E-state index >= 15 is 0 Å². The molecule has 15 heavy (non-hydrogen) atoms. The van der Waals surface area contributed by atoms with Crippen LogP contribution in [0.15, 0.2) is 30.3 Å². The number of hydrogen-bond acceptors (Lipinski definition) is 3. The molecule has 1 aromatic carbocycles. The van der Waals surface area contributed by atoms with Gasteiger partial charge in [-0.15, -0.1) is 0 Å². The average molecular weight is 208 g/mol. The number of carbonyl (C=O) groups excluding carboxylic acids is 1. The molecule has 0 amide bonds. The Morgan fingerprint density at radius 2 is 2.07 bits per heavy atom. The zero-order valence-corrected chi connectivity index (χ0v) is 8.85. The molecule has 1 unspecified atom stereocenters. The minimum absolute atomic E-state index is 0.0395. The Kier molecular flexibility index (Phi) is 4.84. The van der Waals surface area contributed by atoms with Crippen LogP contribution in [0.5, 0.6) is 0 Å². The Morgan fingerprint density at radius 3 is 2.60 bits per heavy atom. The maximum absolute atomic E-state index is 11.5. The van der Waals surface area contributed by atoms with Crippen molar-refractivity contribution in [2.75, 3.05) is 13.2 Å². The fourth-order valence-corrected chi connectivity index (χ4v) is 1.15. The van der Waals surface area contributed by atoms with Crippen LogP contribution in [0, 0.1) is 5.92 Å². The third kappa shape index (κ3) is 3.72. The summed E-state index contributed by atoms with van der Waals surface area (Å²) >= 11 is 0. The zero-order valence-electron chi connectivity index (χ0n) is 8.85. The van der Waals surface area contributed by atoms with Crippen molar-refractivity contribution in [1.82, 2.24) is 0 Å². The predicted molar refractivity (Wildman–Crippen MR) is 57.6 cm³/mol. The van der Waals surface area contributed by atoms with Crippen molar-refractivity contribution in [3.05, 3.63) is 35.9 Å². The van der Waals surface area contributed by atoms with Crippen LogP contribution >= 0.6 is 0 Å². The Balaban J connectivity index is 2.43. The normalized spacial score (nSPS) is 12.1. The Hall–Kier alpha value is -1.35. The van der Waals surface area contributed by atoms with Gasteiger partial charge < -0.3 is 9.84 Å². The Labute approximate surface area is 89.7 Å². The van der Waals surface area contributed by atoms with Crippen molar-refractivity contribution < 1.29 is 14.6 Å². The first-order chi connectivity index (χ1) is 7.27. The first-order valence-electron chi connectivity index (χ1n) is 5.11. The minimum Gasteiger partial charge on any atom is -0.462 e. The molecule has 0 heterocycles. The number of ether oxygens (including phenoxy) is 1. The second-order valence-corrected chi connectivity index (χ2v) is 3.42. The van der Waals surface area contributed by atoms with Crippen molar-refractivity contribution in [3.63, 3.8) is 0 Å². The van der Waals surface area contributed by atoms with Crippen molar-refractivity contribution in [3.8, 4) is 0 Å². The van der Waals surface area contributed by atoms with Gasteiger partial charge in [0.05, 0.1) is 12.2 Å². The van der Waals surface area contributed by atoms with Gasteiger partial charge >= 0.3 is 5.97 Å². The molecule has 0 aliphatic rings. The van der Waals surface area contributed by atoms with Gasteiger partial charge in [-0.1, -0.05) is 25.1 Å². The first-order valence-corrected chi connectivity index (χ1v) is 5.11. The summed E-state index contributed by atoms with van der Waals surface area (Å²) in [4.78, 5) is 11.5. The molecule has 0 bridgehead atoms. The van der Waals surface area contributed by atoms with Gasteiger partial charge in [0.1, 0.15) is 0 Å². The van der Waals surface area contributed by atoms with E-state index in [0.29, 0.717) is 5.56 Å². The van der Waals surface area contributed by atoms with E-state index in [1.807, 2.05) is 13.0 Å². The van der Waals surface area contributed by atoms with E-state index in [1.165, 1.54) is 0 Å². The lowest BCUT2D eigenvalue weighted by Gasteiger charge is -2.11. The van der Waals surface area contributed by atoms with Gasteiger partial charge in [-0.25, -0.2) is 4.79 Å². The summed E-state index contributed by atoms with van der Waals surface area (Å²) < 4.78 is 5.07. The second-order valence-electron chi connectivity index (χ2n) is 3.42. The summed E-state index contributed by atoms with van der Waals surface area (Å²) in [5.41, 5.74) is 0.547. The molecule has 0 radical (unpaired) electrons. The highest BCUT2D eigenvalue weighted by Crippen LogP contribution is 2.05. The molecule has 0 aromatic heterocycles. The van der Waals surface area contributed by atoms with E-state index < -0.39 is 0 Å². The first kappa shape index (κ1) is 11.7. The van der Waals surface area contributed by atoms with Gasteiger partial charge in [-0.2, -0.15) is 0 Å². The number of esters is 1. The highest BCUT2D eigenvalue weighted by Gasteiger charge is 2.10. The Bertz CT molecular complexity index is 291. The number of hydrogen-bond donors (Lipinski definition) is 1. The molecule has 0 saturated carbocycles. The van der Waals surface area contributed by atoms with Gasteiger partial charge in [0.25, 0.3) is 0 Å². The van der Waals surface area contributed by atoms with Crippen LogP contribution < -0.4 is 0 Å².